The number of amides is 1. The smallest absolute Gasteiger partial charge is 0.269 e. The minimum atomic E-state index is -0.524. The molecule has 3 N–H and O–H groups in total. The molecule has 0 aliphatic carbocycles. The summed E-state index contributed by atoms with van der Waals surface area (Å²) in [5.74, 6) is 0.698. The van der Waals surface area contributed by atoms with Crippen LogP contribution in [0, 0.1) is 10.1 Å². The molecule has 142 valence electrons. The Morgan fingerprint density at radius 2 is 2.07 bits per heavy atom. The summed E-state index contributed by atoms with van der Waals surface area (Å²) in [6.45, 7) is 2.49. The van der Waals surface area contributed by atoms with Gasteiger partial charge in [0.05, 0.1) is 11.0 Å². The van der Waals surface area contributed by atoms with Crippen molar-refractivity contribution in [2.75, 3.05) is 11.9 Å². The molecule has 2 atom stereocenters. The molecule has 1 saturated heterocycles. The lowest BCUT2D eigenvalue weighted by Gasteiger charge is -2.14. The second-order valence-electron chi connectivity index (χ2n) is 6.33. The van der Waals surface area contributed by atoms with Crippen LogP contribution in [0.1, 0.15) is 25.5 Å². The van der Waals surface area contributed by atoms with E-state index < -0.39 is 16.9 Å². The molecule has 0 spiro atoms. The molecule has 2 unspecified atom stereocenters. The Balaban J connectivity index is 1.73. The van der Waals surface area contributed by atoms with E-state index in [4.69, 9.17) is 10.5 Å². The van der Waals surface area contributed by atoms with Gasteiger partial charge in [0.1, 0.15) is 11.9 Å². The van der Waals surface area contributed by atoms with Crippen molar-refractivity contribution in [2.45, 2.75) is 38.4 Å². The molecule has 9 nitrogen and oxygen atoms in total. The molecule has 2 aromatic rings. The number of hydrogen-bond donors (Lipinski definition) is 2. The number of nitrogens with two attached hydrogens (primary N) is 1. The van der Waals surface area contributed by atoms with E-state index in [0.717, 1.165) is 18.5 Å². The number of non-ortho nitro benzene ring substituents is 1. The van der Waals surface area contributed by atoms with Crippen molar-refractivity contribution >= 4 is 17.4 Å². The van der Waals surface area contributed by atoms with Gasteiger partial charge in [-0.05, 0) is 31.4 Å². The lowest BCUT2D eigenvalue weighted by molar-refractivity contribution is -0.384. The fourth-order valence-corrected chi connectivity index (χ4v) is 2.91. The van der Waals surface area contributed by atoms with E-state index in [-0.39, 0.29) is 11.8 Å². The molecule has 1 aliphatic heterocycles. The number of anilines is 1. The molecule has 9 heteroatoms. The topological polar surface area (TPSA) is 133 Å². The predicted molar refractivity (Wildman–Crippen MR) is 99.1 cm³/mol. The summed E-state index contributed by atoms with van der Waals surface area (Å²) in [4.78, 5) is 30.5. The van der Waals surface area contributed by atoms with Crippen molar-refractivity contribution in [1.29, 1.82) is 0 Å². The lowest BCUT2D eigenvalue weighted by atomic mass is 10.2. The number of benzene rings is 1. The third kappa shape index (κ3) is 4.56. The van der Waals surface area contributed by atoms with Gasteiger partial charge in [0.2, 0.25) is 5.91 Å². The quantitative estimate of drug-likeness (QED) is 0.562. The number of carbonyl (C=O) groups excluding carboxylic acids is 1. The van der Waals surface area contributed by atoms with E-state index in [0.29, 0.717) is 30.2 Å². The number of nitro benzene ring substituents is 1. The second-order valence-corrected chi connectivity index (χ2v) is 6.33. The largest absolute Gasteiger partial charge is 0.367 e. The van der Waals surface area contributed by atoms with Crippen LogP contribution >= 0.6 is 0 Å². The molecular weight excluding hydrogens is 350 g/mol. The number of carbonyl (C=O) groups is 1. The van der Waals surface area contributed by atoms with Crippen molar-refractivity contribution in [2.24, 2.45) is 5.73 Å². The van der Waals surface area contributed by atoms with Crippen molar-refractivity contribution < 1.29 is 14.5 Å². The number of aryl methyl sites for hydroxylation is 1. The minimum absolute atomic E-state index is 0.0196. The monoisotopic (exact) mass is 371 g/mol. The SMILES string of the molecule is CCc1cc(NCC2CCC(C(N)=O)O2)nc(-c2ccc([N+](=O)[O-])cc2)n1. The number of nitro groups is 1. The first-order valence-corrected chi connectivity index (χ1v) is 8.77. The number of nitrogens with zero attached hydrogens (tertiary/aromatic N) is 3. The maximum absolute atomic E-state index is 11.2. The molecule has 27 heavy (non-hydrogen) atoms. The molecule has 1 aliphatic rings. The zero-order valence-corrected chi connectivity index (χ0v) is 14.9. The van der Waals surface area contributed by atoms with Crippen LogP contribution in [-0.2, 0) is 16.0 Å². The van der Waals surface area contributed by atoms with Gasteiger partial charge in [0.25, 0.3) is 5.69 Å². The van der Waals surface area contributed by atoms with Gasteiger partial charge in [-0.25, -0.2) is 9.97 Å². The Hall–Kier alpha value is -3.07. The zero-order valence-electron chi connectivity index (χ0n) is 14.9. The van der Waals surface area contributed by atoms with E-state index in [1.807, 2.05) is 13.0 Å². The molecule has 3 rings (SSSR count). The van der Waals surface area contributed by atoms with E-state index in [1.54, 1.807) is 12.1 Å². The highest BCUT2D eigenvalue weighted by molar-refractivity contribution is 5.79. The zero-order chi connectivity index (χ0) is 19.4. The molecule has 1 fully saturated rings. The second kappa shape index (κ2) is 8.09. The average molecular weight is 371 g/mol. The van der Waals surface area contributed by atoms with Crippen LogP contribution < -0.4 is 11.1 Å². The number of nitrogens with one attached hydrogen (secondary N) is 1. The van der Waals surface area contributed by atoms with Crippen molar-refractivity contribution in [1.82, 2.24) is 9.97 Å². The first kappa shape index (κ1) is 18.7. The summed E-state index contributed by atoms with van der Waals surface area (Å²) in [6.07, 6.45) is 1.47. The van der Waals surface area contributed by atoms with Gasteiger partial charge in [-0.2, -0.15) is 0 Å². The van der Waals surface area contributed by atoms with Gasteiger partial charge in [-0.3, -0.25) is 14.9 Å². The molecule has 1 aromatic carbocycles. The number of hydrogen-bond acceptors (Lipinski definition) is 7. The van der Waals surface area contributed by atoms with Crippen molar-refractivity contribution in [3.05, 3.63) is 46.1 Å². The highest BCUT2D eigenvalue weighted by Gasteiger charge is 2.28. The fourth-order valence-electron chi connectivity index (χ4n) is 2.91. The molecule has 2 heterocycles. The van der Waals surface area contributed by atoms with Gasteiger partial charge < -0.3 is 15.8 Å². The van der Waals surface area contributed by atoms with Crippen molar-refractivity contribution in [3.8, 4) is 11.4 Å². The maximum atomic E-state index is 11.2. The van der Waals surface area contributed by atoms with Crippen LogP contribution in [0.25, 0.3) is 11.4 Å². The van der Waals surface area contributed by atoms with E-state index >= 15 is 0 Å². The Kier molecular flexibility index (Phi) is 5.60. The van der Waals surface area contributed by atoms with E-state index in [1.165, 1.54) is 12.1 Å². The molecule has 0 bridgehead atoms. The first-order chi connectivity index (χ1) is 13.0. The van der Waals surface area contributed by atoms with Crippen LogP contribution in [0.5, 0.6) is 0 Å². The summed E-state index contributed by atoms with van der Waals surface area (Å²) >= 11 is 0. The van der Waals surface area contributed by atoms with Crippen LogP contribution in [-0.4, -0.2) is 39.6 Å². The van der Waals surface area contributed by atoms with Crippen LogP contribution in [0.4, 0.5) is 11.5 Å². The fraction of sp³-hybridized carbons (Fsp3) is 0.389. The Morgan fingerprint density at radius 3 is 2.67 bits per heavy atom. The third-order valence-electron chi connectivity index (χ3n) is 4.41. The molecule has 1 amide bonds. The average Bonchev–Trinajstić information content (AvgIpc) is 3.15. The Morgan fingerprint density at radius 1 is 1.33 bits per heavy atom. The van der Waals surface area contributed by atoms with Gasteiger partial charge in [-0.15, -0.1) is 0 Å². The number of rotatable bonds is 7. The predicted octanol–water partition coefficient (Wildman–Crippen LogP) is 2.06. The number of aromatic nitrogens is 2. The van der Waals surface area contributed by atoms with Gasteiger partial charge in [-0.1, -0.05) is 6.92 Å². The lowest BCUT2D eigenvalue weighted by Crippen LogP contribution is -2.30. The highest BCUT2D eigenvalue weighted by atomic mass is 16.6. The molecular formula is C18H21N5O4. The summed E-state index contributed by atoms with van der Waals surface area (Å²) in [7, 11) is 0. The molecule has 0 saturated carbocycles. The standard InChI is InChI=1S/C18H21N5O4/c1-2-12-9-16(20-10-14-7-8-15(27-14)17(19)24)22-18(21-12)11-3-5-13(6-4-11)23(25)26/h3-6,9,14-15H,2,7-8,10H2,1H3,(H2,19,24)(H,20,21,22). The van der Waals surface area contributed by atoms with Crippen molar-refractivity contribution in [3.63, 3.8) is 0 Å². The van der Waals surface area contributed by atoms with Gasteiger partial charge >= 0.3 is 0 Å². The number of ether oxygens (including phenoxy) is 1. The van der Waals surface area contributed by atoms with Crippen LogP contribution in [0.3, 0.4) is 0 Å². The summed E-state index contributed by atoms with van der Waals surface area (Å²) < 4.78 is 5.61. The van der Waals surface area contributed by atoms with E-state index in [2.05, 4.69) is 15.3 Å². The summed E-state index contributed by atoms with van der Waals surface area (Å²) in [6, 6.07) is 7.99. The minimum Gasteiger partial charge on any atom is -0.367 e. The molecule has 1 aromatic heterocycles. The Labute approximate surface area is 156 Å². The summed E-state index contributed by atoms with van der Waals surface area (Å²) in [5, 5.41) is 14.0. The van der Waals surface area contributed by atoms with Gasteiger partial charge in [0.15, 0.2) is 5.82 Å². The van der Waals surface area contributed by atoms with Crippen LogP contribution in [0.2, 0.25) is 0 Å². The Bertz CT molecular complexity index is 840. The molecule has 0 radical (unpaired) electrons. The van der Waals surface area contributed by atoms with E-state index in [9.17, 15) is 14.9 Å². The van der Waals surface area contributed by atoms with Gasteiger partial charge in [0, 0.05) is 36.0 Å². The third-order valence-corrected chi connectivity index (χ3v) is 4.41. The van der Waals surface area contributed by atoms with Crippen LogP contribution in [0.15, 0.2) is 30.3 Å². The highest BCUT2D eigenvalue weighted by Crippen LogP contribution is 2.23. The maximum Gasteiger partial charge on any atom is 0.269 e. The summed E-state index contributed by atoms with van der Waals surface area (Å²) in [5.41, 5.74) is 6.84. The first-order valence-electron chi connectivity index (χ1n) is 8.77. The normalized spacial score (nSPS) is 19.0. The number of primary amides is 1.